The Morgan fingerprint density at radius 1 is 1.58 bits per heavy atom. The van der Waals surface area contributed by atoms with Gasteiger partial charge in [-0.1, -0.05) is 26.7 Å². The minimum absolute atomic E-state index is 0.0412. The Kier molecular flexibility index (Phi) is 4.91. The SMILES string of the molecule is CCc1ccc(C(=O)NC2(CCl)CCCC(C)C2)s1. The summed E-state index contributed by atoms with van der Waals surface area (Å²) in [6, 6.07) is 3.96. The second-order valence-electron chi connectivity index (χ2n) is 5.69. The fourth-order valence-electron chi connectivity index (χ4n) is 2.92. The zero-order valence-corrected chi connectivity index (χ0v) is 13.2. The number of aryl methyl sites for hydroxylation is 1. The van der Waals surface area contributed by atoms with Crippen molar-refractivity contribution in [2.45, 2.75) is 51.5 Å². The van der Waals surface area contributed by atoms with Gasteiger partial charge in [-0.25, -0.2) is 0 Å². The van der Waals surface area contributed by atoms with Crippen LogP contribution in [0.1, 0.15) is 54.1 Å². The van der Waals surface area contributed by atoms with Crippen molar-refractivity contribution in [3.63, 3.8) is 0 Å². The number of hydrogen-bond donors (Lipinski definition) is 1. The Labute approximate surface area is 124 Å². The van der Waals surface area contributed by atoms with Gasteiger partial charge in [0.1, 0.15) is 0 Å². The van der Waals surface area contributed by atoms with E-state index in [0.29, 0.717) is 11.8 Å². The van der Waals surface area contributed by atoms with Gasteiger partial charge in [-0.15, -0.1) is 22.9 Å². The molecule has 2 nitrogen and oxygen atoms in total. The molecule has 0 spiro atoms. The van der Waals surface area contributed by atoms with Crippen molar-refractivity contribution in [2.24, 2.45) is 5.92 Å². The molecule has 2 atom stereocenters. The third-order valence-electron chi connectivity index (χ3n) is 3.96. The van der Waals surface area contributed by atoms with Crippen LogP contribution < -0.4 is 5.32 Å². The van der Waals surface area contributed by atoms with Gasteiger partial charge in [0.25, 0.3) is 5.91 Å². The summed E-state index contributed by atoms with van der Waals surface area (Å²) in [6.07, 6.45) is 5.37. The maximum atomic E-state index is 12.4. The van der Waals surface area contributed by atoms with Crippen molar-refractivity contribution < 1.29 is 4.79 Å². The molecule has 1 heterocycles. The van der Waals surface area contributed by atoms with E-state index in [2.05, 4.69) is 19.2 Å². The largest absolute Gasteiger partial charge is 0.345 e. The third kappa shape index (κ3) is 3.51. The summed E-state index contributed by atoms with van der Waals surface area (Å²) in [6.45, 7) is 4.35. The van der Waals surface area contributed by atoms with Crippen LogP contribution >= 0.6 is 22.9 Å². The molecule has 2 rings (SSSR count). The predicted octanol–water partition coefficient (Wildman–Crippen LogP) is 4.23. The number of nitrogens with one attached hydrogen (secondary N) is 1. The van der Waals surface area contributed by atoms with Gasteiger partial charge in [-0.05, 0) is 37.3 Å². The molecule has 0 saturated heterocycles. The van der Waals surface area contributed by atoms with Gasteiger partial charge >= 0.3 is 0 Å². The fourth-order valence-corrected chi connectivity index (χ4v) is 4.07. The van der Waals surface area contributed by atoms with Crippen molar-refractivity contribution in [3.8, 4) is 0 Å². The van der Waals surface area contributed by atoms with Crippen LogP contribution in [0.3, 0.4) is 0 Å². The van der Waals surface area contributed by atoms with Gasteiger partial charge < -0.3 is 5.32 Å². The lowest BCUT2D eigenvalue weighted by Crippen LogP contribution is -2.52. The monoisotopic (exact) mass is 299 g/mol. The second-order valence-corrected chi connectivity index (χ2v) is 7.12. The predicted molar refractivity (Wildman–Crippen MR) is 82.2 cm³/mol. The topological polar surface area (TPSA) is 29.1 Å². The Morgan fingerprint density at radius 2 is 2.37 bits per heavy atom. The summed E-state index contributed by atoms with van der Waals surface area (Å²) in [5.74, 6) is 1.19. The van der Waals surface area contributed by atoms with Crippen molar-refractivity contribution in [3.05, 3.63) is 21.9 Å². The first-order valence-corrected chi connectivity index (χ1v) is 8.41. The number of carbonyl (C=O) groups is 1. The Bertz CT molecular complexity index is 445. The highest BCUT2D eigenvalue weighted by molar-refractivity contribution is 7.14. The van der Waals surface area contributed by atoms with Crippen LogP contribution in [0.15, 0.2) is 12.1 Å². The minimum Gasteiger partial charge on any atom is -0.345 e. The molecular weight excluding hydrogens is 278 g/mol. The van der Waals surface area contributed by atoms with E-state index in [1.54, 1.807) is 11.3 Å². The molecule has 1 aliphatic carbocycles. The summed E-state index contributed by atoms with van der Waals surface area (Å²) >= 11 is 7.74. The van der Waals surface area contributed by atoms with Crippen LogP contribution in [0.2, 0.25) is 0 Å². The molecule has 0 bridgehead atoms. The van der Waals surface area contributed by atoms with Crippen LogP contribution in [0, 0.1) is 5.92 Å². The van der Waals surface area contributed by atoms with E-state index in [1.807, 2.05) is 12.1 Å². The van der Waals surface area contributed by atoms with E-state index in [4.69, 9.17) is 11.6 Å². The van der Waals surface area contributed by atoms with Crippen LogP contribution in [0.25, 0.3) is 0 Å². The van der Waals surface area contributed by atoms with Crippen molar-refractivity contribution >= 4 is 28.8 Å². The lowest BCUT2D eigenvalue weighted by atomic mass is 9.77. The van der Waals surface area contributed by atoms with E-state index in [0.717, 1.165) is 30.6 Å². The molecule has 1 amide bonds. The molecule has 1 fully saturated rings. The smallest absolute Gasteiger partial charge is 0.261 e. The zero-order chi connectivity index (χ0) is 13.9. The van der Waals surface area contributed by atoms with Gasteiger partial charge in [0.2, 0.25) is 0 Å². The van der Waals surface area contributed by atoms with E-state index in [-0.39, 0.29) is 11.4 Å². The van der Waals surface area contributed by atoms with Crippen LogP contribution in [-0.2, 0) is 6.42 Å². The molecule has 4 heteroatoms. The number of halogens is 1. The molecule has 1 N–H and O–H groups in total. The van der Waals surface area contributed by atoms with Crippen molar-refractivity contribution in [1.82, 2.24) is 5.32 Å². The summed E-state index contributed by atoms with van der Waals surface area (Å²) in [7, 11) is 0. The van der Waals surface area contributed by atoms with Gasteiger partial charge in [0.15, 0.2) is 0 Å². The molecule has 19 heavy (non-hydrogen) atoms. The Hall–Kier alpha value is -0.540. The third-order valence-corrected chi connectivity index (χ3v) is 5.70. The number of thiophene rings is 1. The van der Waals surface area contributed by atoms with E-state index in [1.165, 1.54) is 11.3 Å². The van der Waals surface area contributed by atoms with E-state index in [9.17, 15) is 4.79 Å². The summed E-state index contributed by atoms with van der Waals surface area (Å²) in [5.41, 5.74) is -0.202. The summed E-state index contributed by atoms with van der Waals surface area (Å²) < 4.78 is 0. The highest BCUT2D eigenvalue weighted by Crippen LogP contribution is 2.33. The summed E-state index contributed by atoms with van der Waals surface area (Å²) in [4.78, 5) is 14.4. The molecule has 106 valence electrons. The number of amides is 1. The van der Waals surface area contributed by atoms with Crippen LogP contribution in [0.5, 0.6) is 0 Å². The number of carbonyl (C=O) groups excluding carboxylic acids is 1. The lowest BCUT2D eigenvalue weighted by molar-refractivity contribution is 0.0871. The van der Waals surface area contributed by atoms with Crippen molar-refractivity contribution in [1.29, 1.82) is 0 Å². The highest BCUT2D eigenvalue weighted by Gasteiger charge is 2.35. The van der Waals surface area contributed by atoms with Crippen LogP contribution in [0.4, 0.5) is 0 Å². The number of alkyl halides is 1. The van der Waals surface area contributed by atoms with Gasteiger partial charge in [-0.3, -0.25) is 4.79 Å². The zero-order valence-electron chi connectivity index (χ0n) is 11.7. The van der Waals surface area contributed by atoms with E-state index < -0.39 is 0 Å². The maximum Gasteiger partial charge on any atom is 0.261 e. The molecule has 2 unspecified atom stereocenters. The molecule has 1 aromatic heterocycles. The van der Waals surface area contributed by atoms with Crippen molar-refractivity contribution in [2.75, 3.05) is 5.88 Å². The number of hydrogen-bond acceptors (Lipinski definition) is 2. The molecule has 1 saturated carbocycles. The number of rotatable bonds is 4. The maximum absolute atomic E-state index is 12.4. The average molecular weight is 300 g/mol. The summed E-state index contributed by atoms with van der Waals surface area (Å²) in [5, 5.41) is 3.21. The quantitative estimate of drug-likeness (QED) is 0.828. The Morgan fingerprint density at radius 3 is 2.95 bits per heavy atom. The first-order chi connectivity index (χ1) is 9.08. The first-order valence-electron chi connectivity index (χ1n) is 7.06. The molecule has 0 aliphatic heterocycles. The fraction of sp³-hybridized carbons (Fsp3) is 0.667. The standard InChI is InChI=1S/C15H22ClNOS/c1-3-12-6-7-13(19-12)14(18)17-15(10-16)8-4-5-11(2)9-15/h6-7,11H,3-5,8-10H2,1-2H3,(H,17,18). The molecule has 1 aromatic rings. The normalized spacial score (nSPS) is 27.2. The molecule has 0 radical (unpaired) electrons. The molecule has 0 aromatic carbocycles. The van der Waals surface area contributed by atoms with Gasteiger partial charge in [0.05, 0.1) is 10.4 Å². The van der Waals surface area contributed by atoms with Gasteiger partial charge in [0, 0.05) is 10.8 Å². The second kappa shape index (κ2) is 6.27. The lowest BCUT2D eigenvalue weighted by Gasteiger charge is -2.39. The van der Waals surface area contributed by atoms with E-state index >= 15 is 0 Å². The molecular formula is C15H22ClNOS. The highest BCUT2D eigenvalue weighted by atomic mass is 35.5. The first kappa shape index (κ1) is 14.9. The Balaban J connectivity index is 2.07. The average Bonchev–Trinajstić information content (AvgIpc) is 2.87. The molecule has 1 aliphatic rings. The van der Waals surface area contributed by atoms with Gasteiger partial charge in [-0.2, -0.15) is 0 Å². The minimum atomic E-state index is -0.202. The van der Waals surface area contributed by atoms with Crippen LogP contribution in [-0.4, -0.2) is 17.3 Å².